The van der Waals surface area contributed by atoms with Crippen molar-refractivity contribution in [2.45, 2.75) is 32.2 Å². The minimum atomic E-state index is -0.352. The number of aromatic nitrogens is 5. The summed E-state index contributed by atoms with van der Waals surface area (Å²) in [7, 11) is 0. The van der Waals surface area contributed by atoms with E-state index >= 15 is 0 Å². The third-order valence-corrected chi connectivity index (χ3v) is 4.61. The number of nitrogens with two attached hydrogens (primary N) is 1. The maximum absolute atomic E-state index is 9.06. The molecule has 0 amide bonds. The largest absolute Gasteiger partial charge is 0.423 e. The molecule has 0 spiro atoms. The molecule has 1 aliphatic rings. The number of hydrogen-bond donors (Lipinski definition) is 3. The van der Waals surface area contributed by atoms with Crippen molar-refractivity contribution < 1.29 is 4.42 Å². The molecule has 3 aromatic rings. The van der Waals surface area contributed by atoms with Gasteiger partial charge in [-0.05, 0) is 37.8 Å². The molecule has 0 aromatic carbocycles. The Labute approximate surface area is 166 Å². The summed E-state index contributed by atoms with van der Waals surface area (Å²) in [6.45, 7) is 1.86. The van der Waals surface area contributed by atoms with E-state index in [4.69, 9.17) is 20.8 Å². The molecule has 4 N–H and O–H groups in total. The summed E-state index contributed by atoms with van der Waals surface area (Å²) in [4.78, 5) is 12.4. The molecule has 0 bridgehead atoms. The summed E-state index contributed by atoms with van der Waals surface area (Å²) < 4.78 is 5.75. The van der Waals surface area contributed by atoms with Gasteiger partial charge in [-0.2, -0.15) is 5.26 Å². The number of pyridine rings is 1. The Morgan fingerprint density at radius 1 is 1.38 bits per heavy atom. The van der Waals surface area contributed by atoms with Crippen LogP contribution in [0.15, 0.2) is 28.9 Å². The predicted molar refractivity (Wildman–Crippen MR) is 104 cm³/mol. The SMILES string of the molecule is CC(Nc1ncnc(N)c1C(=N)c1cccc(C#N)n1)c1nnc(CC2CC2)o1. The Hall–Kier alpha value is -3.87. The first-order valence-electron chi connectivity index (χ1n) is 9.21. The average Bonchev–Trinajstić information content (AvgIpc) is 3.41. The molecule has 3 aromatic heterocycles. The van der Waals surface area contributed by atoms with E-state index in [2.05, 4.69) is 30.5 Å². The van der Waals surface area contributed by atoms with Crippen molar-refractivity contribution in [3.05, 3.63) is 53.3 Å². The quantitative estimate of drug-likeness (QED) is 0.514. The molecule has 146 valence electrons. The Balaban J connectivity index is 1.59. The molecule has 1 unspecified atom stereocenters. The zero-order chi connectivity index (χ0) is 20.4. The van der Waals surface area contributed by atoms with Crippen LogP contribution in [0.4, 0.5) is 11.6 Å². The number of nitrogens with zero attached hydrogens (tertiary/aromatic N) is 6. The fraction of sp³-hybridized carbons (Fsp3) is 0.316. The van der Waals surface area contributed by atoms with Gasteiger partial charge >= 0.3 is 0 Å². The molecule has 1 fully saturated rings. The number of nitrogens with one attached hydrogen (secondary N) is 2. The standard InChI is InChI=1S/C19H19N9O/c1-10(19-28-27-14(29-19)7-11-5-6-11)25-18-15(17(22)23-9-24-18)16(21)13-4-2-3-12(8-20)26-13/h2-4,9-11,21H,5-7H2,1H3,(H3,22,23,24,25). The second-order valence-electron chi connectivity index (χ2n) is 6.92. The lowest BCUT2D eigenvalue weighted by Crippen LogP contribution is -2.17. The molecule has 10 heteroatoms. The molecule has 1 atom stereocenters. The topological polar surface area (TPSA) is 163 Å². The van der Waals surface area contributed by atoms with E-state index in [1.807, 2.05) is 13.0 Å². The van der Waals surface area contributed by atoms with Gasteiger partial charge in [0.05, 0.1) is 17.0 Å². The van der Waals surface area contributed by atoms with E-state index in [1.165, 1.54) is 19.2 Å². The minimum Gasteiger partial charge on any atom is -0.423 e. The second kappa shape index (κ2) is 7.63. The highest BCUT2D eigenvalue weighted by Gasteiger charge is 2.26. The highest BCUT2D eigenvalue weighted by Crippen LogP contribution is 2.32. The van der Waals surface area contributed by atoms with Crippen molar-refractivity contribution in [1.82, 2.24) is 25.1 Å². The summed E-state index contributed by atoms with van der Waals surface area (Å²) in [5, 5.41) is 29.0. The highest BCUT2D eigenvalue weighted by atomic mass is 16.4. The maximum atomic E-state index is 9.06. The van der Waals surface area contributed by atoms with E-state index in [9.17, 15) is 0 Å². The first kappa shape index (κ1) is 18.5. The smallest absolute Gasteiger partial charge is 0.238 e. The summed E-state index contributed by atoms with van der Waals surface area (Å²) in [5.74, 6) is 2.19. The van der Waals surface area contributed by atoms with Crippen LogP contribution in [0.3, 0.4) is 0 Å². The van der Waals surface area contributed by atoms with E-state index in [1.54, 1.807) is 18.2 Å². The van der Waals surface area contributed by atoms with Gasteiger partial charge in [-0.15, -0.1) is 10.2 Å². The van der Waals surface area contributed by atoms with Gasteiger partial charge in [0.15, 0.2) is 0 Å². The zero-order valence-electron chi connectivity index (χ0n) is 15.8. The number of nitriles is 1. The van der Waals surface area contributed by atoms with Crippen LogP contribution in [0.5, 0.6) is 0 Å². The molecule has 0 aliphatic heterocycles. The van der Waals surface area contributed by atoms with E-state index < -0.39 is 0 Å². The van der Waals surface area contributed by atoms with Crippen LogP contribution < -0.4 is 11.1 Å². The van der Waals surface area contributed by atoms with Gasteiger partial charge < -0.3 is 15.5 Å². The molecule has 3 heterocycles. The maximum Gasteiger partial charge on any atom is 0.238 e. The van der Waals surface area contributed by atoms with Gasteiger partial charge in [0, 0.05) is 6.42 Å². The van der Waals surface area contributed by atoms with Crippen molar-refractivity contribution in [2.24, 2.45) is 5.92 Å². The fourth-order valence-electron chi connectivity index (χ4n) is 2.88. The molecule has 29 heavy (non-hydrogen) atoms. The zero-order valence-corrected chi connectivity index (χ0v) is 15.8. The van der Waals surface area contributed by atoms with Gasteiger partial charge in [-0.1, -0.05) is 6.07 Å². The Bertz CT molecular complexity index is 1100. The van der Waals surface area contributed by atoms with Crippen molar-refractivity contribution in [3.8, 4) is 6.07 Å². The summed E-state index contributed by atoms with van der Waals surface area (Å²) in [5.41, 5.74) is 6.84. The van der Waals surface area contributed by atoms with E-state index in [0.29, 0.717) is 34.8 Å². The molecular weight excluding hydrogens is 370 g/mol. The van der Waals surface area contributed by atoms with Crippen molar-refractivity contribution in [3.63, 3.8) is 0 Å². The van der Waals surface area contributed by atoms with Crippen LogP contribution in [0.2, 0.25) is 0 Å². The Kier molecular flexibility index (Phi) is 4.87. The van der Waals surface area contributed by atoms with Gasteiger partial charge in [-0.25, -0.2) is 15.0 Å². The summed E-state index contributed by atoms with van der Waals surface area (Å²) >= 11 is 0. The summed E-state index contributed by atoms with van der Waals surface area (Å²) in [6, 6.07) is 6.47. The van der Waals surface area contributed by atoms with E-state index in [0.717, 1.165) is 6.42 Å². The highest BCUT2D eigenvalue weighted by molar-refractivity contribution is 6.15. The van der Waals surface area contributed by atoms with Crippen LogP contribution in [-0.4, -0.2) is 30.9 Å². The molecule has 10 nitrogen and oxygen atoms in total. The normalized spacial score (nSPS) is 14.2. The van der Waals surface area contributed by atoms with E-state index in [-0.39, 0.29) is 23.3 Å². The van der Waals surface area contributed by atoms with Crippen LogP contribution in [-0.2, 0) is 6.42 Å². The van der Waals surface area contributed by atoms with Crippen LogP contribution in [0.1, 0.15) is 54.5 Å². The molecule has 1 saturated carbocycles. The number of anilines is 2. The van der Waals surface area contributed by atoms with Crippen LogP contribution in [0, 0.1) is 22.7 Å². The van der Waals surface area contributed by atoms with Crippen molar-refractivity contribution >= 4 is 17.3 Å². The van der Waals surface area contributed by atoms with Gasteiger partial charge in [0.2, 0.25) is 11.8 Å². The predicted octanol–water partition coefficient (Wildman–Crippen LogP) is 2.25. The van der Waals surface area contributed by atoms with Gasteiger partial charge in [-0.3, -0.25) is 5.41 Å². The van der Waals surface area contributed by atoms with Gasteiger partial charge in [0.25, 0.3) is 0 Å². The first-order chi connectivity index (χ1) is 14.0. The monoisotopic (exact) mass is 389 g/mol. The van der Waals surface area contributed by atoms with Gasteiger partial charge in [0.1, 0.15) is 35.8 Å². The third-order valence-electron chi connectivity index (χ3n) is 4.61. The third kappa shape index (κ3) is 4.03. The lowest BCUT2D eigenvalue weighted by Gasteiger charge is -2.16. The first-order valence-corrected chi connectivity index (χ1v) is 9.21. The number of rotatable bonds is 7. The van der Waals surface area contributed by atoms with Crippen LogP contribution >= 0.6 is 0 Å². The lowest BCUT2D eigenvalue weighted by atomic mass is 10.1. The van der Waals surface area contributed by atoms with Crippen molar-refractivity contribution in [1.29, 1.82) is 10.7 Å². The fourth-order valence-corrected chi connectivity index (χ4v) is 2.88. The van der Waals surface area contributed by atoms with Crippen LogP contribution in [0.25, 0.3) is 0 Å². The average molecular weight is 389 g/mol. The second-order valence-corrected chi connectivity index (χ2v) is 6.92. The minimum absolute atomic E-state index is 0.00912. The Morgan fingerprint density at radius 2 is 2.21 bits per heavy atom. The molecule has 4 rings (SSSR count). The Morgan fingerprint density at radius 3 is 2.97 bits per heavy atom. The molecule has 0 saturated heterocycles. The summed E-state index contributed by atoms with van der Waals surface area (Å²) in [6.07, 6.45) is 4.53. The molecule has 0 radical (unpaired) electrons. The lowest BCUT2D eigenvalue weighted by molar-refractivity contribution is 0.427. The molecule has 1 aliphatic carbocycles. The van der Waals surface area contributed by atoms with Crippen molar-refractivity contribution in [2.75, 3.05) is 11.1 Å². The molecular formula is C19H19N9O. The number of hydrogen-bond acceptors (Lipinski definition) is 10. The number of nitrogen functional groups attached to an aromatic ring is 1.